The molecule has 0 aromatic rings. The van der Waals surface area contributed by atoms with Crippen molar-refractivity contribution in [1.82, 2.24) is 10.2 Å². The van der Waals surface area contributed by atoms with Crippen molar-refractivity contribution in [1.29, 1.82) is 0 Å². The van der Waals surface area contributed by atoms with Crippen molar-refractivity contribution in [2.24, 2.45) is 0 Å². The van der Waals surface area contributed by atoms with Gasteiger partial charge in [0.1, 0.15) is 0 Å². The molecule has 104 valence electrons. The first-order chi connectivity index (χ1) is 8.80. The highest BCUT2D eigenvalue weighted by atomic mass is 16.5. The van der Waals surface area contributed by atoms with E-state index in [4.69, 9.17) is 4.74 Å². The number of nitrogens with one attached hydrogen (secondary N) is 1. The van der Waals surface area contributed by atoms with Crippen LogP contribution >= 0.6 is 0 Å². The van der Waals surface area contributed by atoms with Crippen LogP contribution in [0, 0.1) is 0 Å². The fourth-order valence-electron chi connectivity index (χ4n) is 2.38. The highest BCUT2D eigenvalue weighted by Crippen LogP contribution is 2.20. The molecule has 0 spiro atoms. The summed E-state index contributed by atoms with van der Waals surface area (Å²) in [5, 5.41) is 3.43. The van der Waals surface area contributed by atoms with Crippen molar-refractivity contribution in [2.45, 2.75) is 38.4 Å². The minimum Gasteiger partial charge on any atom is -0.372 e. The highest BCUT2D eigenvalue weighted by molar-refractivity contribution is 4.84. The van der Waals surface area contributed by atoms with Gasteiger partial charge in [-0.25, -0.2) is 0 Å². The van der Waals surface area contributed by atoms with Crippen LogP contribution in [-0.2, 0) is 4.74 Å². The van der Waals surface area contributed by atoms with Crippen LogP contribution in [0.15, 0.2) is 25.3 Å². The Labute approximate surface area is 112 Å². The third-order valence-corrected chi connectivity index (χ3v) is 3.23. The van der Waals surface area contributed by atoms with Crippen molar-refractivity contribution < 1.29 is 4.74 Å². The van der Waals surface area contributed by atoms with E-state index < -0.39 is 0 Å². The second kappa shape index (κ2) is 9.31. The van der Waals surface area contributed by atoms with Gasteiger partial charge in [0.25, 0.3) is 0 Å². The molecule has 0 saturated carbocycles. The molecule has 0 aliphatic carbocycles. The molecule has 2 atom stereocenters. The molecule has 1 heterocycles. The maximum Gasteiger partial charge on any atom is 0.0707 e. The third-order valence-electron chi connectivity index (χ3n) is 3.23. The summed E-state index contributed by atoms with van der Waals surface area (Å²) in [7, 11) is 0. The van der Waals surface area contributed by atoms with Gasteiger partial charge in [-0.3, -0.25) is 4.90 Å². The van der Waals surface area contributed by atoms with Crippen molar-refractivity contribution in [3.05, 3.63) is 25.3 Å². The highest BCUT2D eigenvalue weighted by Gasteiger charge is 2.25. The Hall–Kier alpha value is -0.640. The van der Waals surface area contributed by atoms with E-state index in [0.29, 0.717) is 12.2 Å². The number of nitrogens with zero attached hydrogens (tertiary/aromatic N) is 1. The zero-order valence-electron chi connectivity index (χ0n) is 11.7. The average molecular weight is 252 g/mol. The molecule has 0 aromatic heterocycles. The van der Waals surface area contributed by atoms with Crippen LogP contribution in [0.5, 0.6) is 0 Å². The first-order valence-electron chi connectivity index (χ1n) is 7.10. The van der Waals surface area contributed by atoms with Gasteiger partial charge in [0.05, 0.1) is 12.2 Å². The minimum atomic E-state index is 0.373. The Bertz CT molecular complexity index is 233. The largest absolute Gasteiger partial charge is 0.372 e. The van der Waals surface area contributed by atoms with Gasteiger partial charge in [-0.1, -0.05) is 19.1 Å². The molecule has 0 aromatic carbocycles. The van der Waals surface area contributed by atoms with Crippen LogP contribution in [0.2, 0.25) is 0 Å². The summed E-state index contributed by atoms with van der Waals surface area (Å²) >= 11 is 0. The topological polar surface area (TPSA) is 24.5 Å². The van der Waals surface area contributed by atoms with Crippen LogP contribution < -0.4 is 5.32 Å². The van der Waals surface area contributed by atoms with Crippen molar-refractivity contribution in [2.75, 3.05) is 32.7 Å². The minimum absolute atomic E-state index is 0.373. The van der Waals surface area contributed by atoms with E-state index in [1.807, 2.05) is 12.2 Å². The van der Waals surface area contributed by atoms with Crippen LogP contribution in [-0.4, -0.2) is 49.8 Å². The van der Waals surface area contributed by atoms with Crippen molar-refractivity contribution in [3.8, 4) is 0 Å². The zero-order chi connectivity index (χ0) is 13.2. The molecule has 3 nitrogen and oxygen atoms in total. The number of hydrogen-bond donors (Lipinski definition) is 1. The summed E-state index contributed by atoms with van der Waals surface area (Å²) in [5.41, 5.74) is 0. The van der Waals surface area contributed by atoms with Crippen LogP contribution in [0.25, 0.3) is 0 Å². The average Bonchev–Trinajstić information content (AvgIpc) is 2.78. The summed E-state index contributed by atoms with van der Waals surface area (Å²) in [6.07, 6.45) is 8.19. The number of rotatable bonds is 10. The van der Waals surface area contributed by atoms with Gasteiger partial charge in [0, 0.05) is 26.2 Å². The Morgan fingerprint density at radius 2 is 1.89 bits per heavy atom. The molecular weight excluding hydrogens is 224 g/mol. The Kier molecular flexibility index (Phi) is 7.98. The number of hydrogen-bond acceptors (Lipinski definition) is 3. The lowest BCUT2D eigenvalue weighted by Crippen LogP contribution is -2.34. The Morgan fingerprint density at radius 1 is 1.22 bits per heavy atom. The first-order valence-corrected chi connectivity index (χ1v) is 7.10. The van der Waals surface area contributed by atoms with Gasteiger partial charge < -0.3 is 10.1 Å². The van der Waals surface area contributed by atoms with Crippen LogP contribution in [0.4, 0.5) is 0 Å². The molecule has 0 radical (unpaired) electrons. The van der Waals surface area contributed by atoms with E-state index in [1.165, 1.54) is 19.3 Å². The summed E-state index contributed by atoms with van der Waals surface area (Å²) in [4.78, 5) is 2.33. The monoisotopic (exact) mass is 252 g/mol. The first kappa shape index (κ1) is 15.4. The van der Waals surface area contributed by atoms with E-state index in [1.54, 1.807) is 0 Å². The second-order valence-electron chi connectivity index (χ2n) is 4.96. The van der Waals surface area contributed by atoms with E-state index in [9.17, 15) is 0 Å². The summed E-state index contributed by atoms with van der Waals surface area (Å²) in [6, 6.07) is 0. The van der Waals surface area contributed by atoms with E-state index in [2.05, 4.69) is 30.3 Å². The molecule has 2 unspecified atom stereocenters. The third kappa shape index (κ3) is 5.80. The maximum atomic E-state index is 6.06. The maximum absolute atomic E-state index is 6.06. The fraction of sp³-hybridized carbons (Fsp3) is 0.733. The predicted molar refractivity (Wildman–Crippen MR) is 77.9 cm³/mol. The fourth-order valence-corrected chi connectivity index (χ4v) is 2.38. The van der Waals surface area contributed by atoms with Gasteiger partial charge in [0.15, 0.2) is 0 Å². The molecule has 1 aliphatic rings. The molecule has 18 heavy (non-hydrogen) atoms. The van der Waals surface area contributed by atoms with Crippen molar-refractivity contribution in [3.63, 3.8) is 0 Å². The molecule has 3 heteroatoms. The normalized spacial score (nSPS) is 23.4. The molecule has 0 bridgehead atoms. The zero-order valence-corrected chi connectivity index (χ0v) is 11.7. The summed E-state index contributed by atoms with van der Waals surface area (Å²) in [5.74, 6) is 0. The molecule has 0 amide bonds. The van der Waals surface area contributed by atoms with Gasteiger partial charge in [-0.2, -0.15) is 0 Å². The lowest BCUT2D eigenvalue weighted by atomic mass is 10.2. The smallest absolute Gasteiger partial charge is 0.0707 e. The van der Waals surface area contributed by atoms with Gasteiger partial charge in [-0.15, -0.1) is 13.2 Å². The molecule has 1 saturated heterocycles. The number of ether oxygens (including phenoxy) is 1. The van der Waals surface area contributed by atoms with Crippen molar-refractivity contribution >= 4 is 0 Å². The lowest BCUT2D eigenvalue weighted by Gasteiger charge is -2.23. The van der Waals surface area contributed by atoms with E-state index >= 15 is 0 Å². The second-order valence-corrected chi connectivity index (χ2v) is 4.96. The Balaban J connectivity index is 2.23. The lowest BCUT2D eigenvalue weighted by molar-refractivity contribution is 0.0274. The molecule has 1 N–H and O–H groups in total. The molecule has 1 fully saturated rings. The molecule has 1 aliphatic heterocycles. The SMILES string of the molecule is C=CCN(CC=C)CC1CCC(CNCCC)O1. The van der Waals surface area contributed by atoms with Gasteiger partial charge in [0.2, 0.25) is 0 Å². The quantitative estimate of drug-likeness (QED) is 0.476. The standard InChI is InChI=1S/C15H28N2O/c1-4-9-16-12-14-7-8-15(18-14)13-17(10-5-2)11-6-3/h5-6,14-16H,2-4,7-13H2,1H3. The van der Waals surface area contributed by atoms with Crippen LogP contribution in [0.3, 0.4) is 0 Å². The van der Waals surface area contributed by atoms with E-state index in [-0.39, 0.29) is 0 Å². The Morgan fingerprint density at radius 3 is 2.50 bits per heavy atom. The molecular formula is C15H28N2O. The predicted octanol–water partition coefficient (Wildman–Crippen LogP) is 2.21. The summed E-state index contributed by atoms with van der Waals surface area (Å²) in [6.45, 7) is 14.7. The van der Waals surface area contributed by atoms with Crippen LogP contribution in [0.1, 0.15) is 26.2 Å². The van der Waals surface area contributed by atoms with Gasteiger partial charge >= 0.3 is 0 Å². The van der Waals surface area contributed by atoms with Gasteiger partial charge in [-0.05, 0) is 25.8 Å². The van der Waals surface area contributed by atoms with E-state index in [0.717, 1.165) is 32.7 Å². The molecule has 1 rings (SSSR count). The summed E-state index contributed by atoms with van der Waals surface area (Å²) < 4.78 is 6.06.